The molecule has 1 unspecified atom stereocenters. The van der Waals surface area contributed by atoms with Crippen molar-refractivity contribution < 1.29 is 9.90 Å². The minimum Gasteiger partial charge on any atom is -0.390 e. The highest BCUT2D eigenvalue weighted by atomic mass is 35.5. The number of anilines is 2. The van der Waals surface area contributed by atoms with Crippen molar-refractivity contribution in [2.75, 3.05) is 23.1 Å². The zero-order valence-electron chi connectivity index (χ0n) is 10.5. The third kappa shape index (κ3) is 3.93. The van der Waals surface area contributed by atoms with Gasteiger partial charge in [0, 0.05) is 23.8 Å². The van der Waals surface area contributed by atoms with E-state index in [1.807, 2.05) is 6.07 Å². The van der Waals surface area contributed by atoms with Crippen molar-refractivity contribution >= 4 is 39.7 Å². The van der Waals surface area contributed by atoms with Gasteiger partial charge in [0.25, 0.3) is 5.91 Å². The second-order valence-corrected chi connectivity index (χ2v) is 5.23. The lowest BCUT2D eigenvalue weighted by Crippen LogP contribution is -2.22. The van der Waals surface area contributed by atoms with Crippen LogP contribution in [0.4, 0.5) is 10.8 Å². The summed E-state index contributed by atoms with van der Waals surface area (Å²) >= 11 is 6.89. The summed E-state index contributed by atoms with van der Waals surface area (Å²) in [6, 6.07) is 7.07. The maximum atomic E-state index is 12.2. The zero-order chi connectivity index (χ0) is 14.4. The third-order valence-corrected chi connectivity index (χ3v) is 3.58. The lowest BCUT2D eigenvalue weighted by atomic mass is 10.1. The van der Waals surface area contributed by atoms with Gasteiger partial charge < -0.3 is 10.4 Å². The summed E-state index contributed by atoms with van der Waals surface area (Å²) in [5, 5.41) is 17.5. The number of aliphatic hydroxyl groups excluding tert-OH is 1. The maximum Gasteiger partial charge on any atom is 0.259 e. The monoisotopic (exact) mass is 311 g/mol. The highest BCUT2D eigenvalue weighted by Gasteiger charge is 2.12. The van der Waals surface area contributed by atoms with Gasteiger partial charge in [0.05, 0.1) is 17.5 Å². The Morgan fingerprint density at radius 3 is 2.95 bits per heavy atom. The SMILES string of the molecule is O=C(Nc1nccs1)c1ccccc1NCC(O)CCl. The van der Waals surface area contributed by atoms with Crippen molar-refractivity contribution in [3.05, 3.63) is 41.4 Å². The van der Waals surface area contributed by atoms with Crippen LogP contribution in [0.1, 0.15) is 10.4 Å². The fraction of sp³-hybridized carbons (Fsp3) is 0.231. The molecule has 0 spiro atoms. The van der Waals surface area contributed by atoms with Crippen LogP contribution in [-0.4, -0.2) is 34.5 Å². The summed E-state index contributed by atoms with van der Waals surface area (Å²) in [5.74, 6) is -0.107. The van der Waals surface area contributed by atoms with E-state index >= 15 is 0 Å². The molecule has 0 saturated carbocycles. The van der Waals surface area contributed by atoms with Gasteiger partial charge in [-0.3, -0.25) is 10.1 Å². The molecule has 1 atom stereocenters. The van der Waals surface area contributed by atoms with E-state index in [2.05, 4.69) is 15.6 Å². The number of halogens is 1. The van der Waals surface area contributed by atoms with Gasteiger partial charge in [-0.05, 0) is 12.1 Å². The van der Waals surface area contributed by atoms with Crippen molar-refractivity contribution in [3.8, 4) is 0 Å². The highest BCUT2D eigenvalue weighted by Crippen LogP contribution is 2.18. The van der Waals surface area contributed by atoms with Crippen molar-refractivity contribution in [1.82, 2.24) is 4.98 Å². The molecule has 0 aliphatic heterocycles. The standard InChI is InChI=1S/C13H14ClN3O2S/c14-7-9(18)8-16-11-4-2-1-3-10(11)12(19)17-13-15-5-6-20-13/h1-6,9,16,18H,7-8H2,(H,15,17,19). The topological polar surface area (TPSA) is 74.2 Å². The predicted octanol–water partition coefficient (Wildman–Crippen LogP) is 2.41. The van der Waals surface area contributed by atoms with E-state index in [4.69, 9.17) is 11.6 Å². The zero-order valence-corrected chi connectivity index (χ0v) is 12.1. The van der Waals surface area contributed by atoms with E-state index in [9.17, 15) is 9.90 Å². The third-order valence-electron chi connectivity index (χ3n) is 2.53. The average molecular weight is 312 g/mol. The summed E-state index contributed by atoms with van der Waals surface area (Å²) in [4.78, 5) is 16.2. The number of nitrogens with zero attached hydrogens (tertiary/aromatic N) is 1. The summed E-state index contributed by atoms with van der Waals surface area (Å²) in [6.07, 6.45) is 0.966. The Labute approximate surface area is 125 Å². The molecule has 7 heteroatoms. The Hall–Kier alpha value is -1.63. The summed E-state index contributed by atoms with van der Waals surface area (Å²) in [6.45, 7) is 0.283. The van der Waals surface area contributed by atoms with Crippen LogP contribution in [0.2, 0.25) is 0 Å². The van der Waals surface area contributed by atoms with Gasteiger partial charge in [0.1, 0.15) is 0 Å². The first-order valence-electron chi connectivity index (χ1n) is 5.98. The smallest absolute Gasteiger partial charge is 0.259 e. The van der Waals surface area contributed by atoms with Crippen LogP contribution in [0.25, 0.3) is 0 Å². The number of carbonyl (C=O) groups excluding carboxylic acids is 1. The number of aliphatic hydroxyl groups is 1. The molecule has 0 radical (unpaired) electrons. The minimum absolute atomic E-state index is 0.139. The van der Waals surface area contributed by atoms with Crippen LogP contribution < -0.4 is 10.6 Å². The molecule has 0 aliphatic rings. The Morgan fingerprint density at radius 2 is 2.25 bits per heavy atom. The number of amides is 1. The Morgan fingerprint density at radius 1 is 1.45 bits per heavy atom. The van der Waals surface area contributed by atoms with E-state index in [0.29, 0.717) is 16.4 Å². The number of nitrogens with one attached hydrogen (secondary N) is 2. The predicted molar refractivity (Wildman–Crippen MR) is 81.7 cm³/mol. The fourth-order valence-electron chi connectivity index (χ4n) is 1.57. The van der Waals surface area contributed by atoms with Crippen molar-refractivity contribution in [2.45, 2.75) is 6.10 Å². The van der Waals surface area contributed by atoms with Crippen LogP contribution in [0, 0.1) is 0 Å². The lowest BCUT2D eigenvalue weighted by Gasteiger charge is -2.13. The molecule has 106 valence electrons. The summed E-state index contributed by atoms with van der Waals surface area (Å²) in [7, 11) is 0. The van der Waals surface area contributed by atoms with Crippen LogP contribution in [0.3, 0.4) is 0 Å². The molecule has 2 aromatic rings. The van der Waals surface area contributed by atoms with Crippen LogP contribution in [0.15, 0.2) is 35.8 Å². The van der Waals surface area contributed by atoms with E-state index in [1.165, 1.54) is 11.3 Å². The molecule has 1 amide bonds. The molecular weight excluding hydrogens is 298 g/mol. The van der Waals surface area contributed by atoms with E-state index in [0.717, 1.165) is 0 Å². The first-order chi connectivity index (χ1) is 9.70. The molecule has 0 fully saturated rings. The Bertz CT molecular complexity index is 563. The minimum atomic E-state index is -0.660. The molecule has 3 N–H and O–H groups in total. The number of aromatic nitrogens is 1. The van der Waals surface area contributed by atoms with Gasteiger partial charge in [0.15, 0.2) is 5.13 Å². The second kappa shape index (κ2) is 7.23. The number of para-hydroxylation sites is 1. The molecule has 2 rings (SSSR count). The lowest BCUT2D eigenvalue weighted by molar-refractivity contribution is 0.102. The molecule has 0 bridgehead atoms. The number of hydrogen-bond acceptors (Lipinski definition) is 5. The molecule has 1 aromatic heterocycles. The highest BCUT2D eigenvalue weighted by molar-refractivity contribution is 7.13. The van der Waals surface area contributed by atoms with Crippen LogP contribution in [0.5, 0.6) is 0 Å². The van der Waals surface area contributed by atoms with Gasteiger partial charge in [-0.25, -0.2) is 4.98 Å². The van der Waals surface area contributed by atoms with Crippen molar-refractivity contribution in [3.63, 3.8) is 0 Å². The number of hydrogen-bond donors (Lipinski definition) is 3. The number of rotatable bonds is 6. The Kier molecular flexibility index (Phi) is 5.34. The van der Waals surface area contributed by atoms with Crippen molar-refractivity contribution in [2.24, 2.45) is 0 Å². The first-order valence-corrected chi connectivity index (χ1v) is 7.40. The van der Waals surface area contributed by atoms with Crippen LogP contribution in [-0.2, 0) is 0 Å². The number of benzene rings is 1. The van der Waals surface area contributed by atoms with E-state index in [-0.39, 0.29) is 18.3 Å². The van der Waals surface area contributed by atoms with E-state index < -0.39 is 6.10 Å². The molecule has 1 heterocycles. The normalized spacial score (nSPS) is 11.9. The van der Waals surface area contributed by atoms with Gasteiger partial charge >= 0.3 is 0 Å². The van der Waals surface area contributed by atoms with Crippen LogP contribution >= 0.6 is 22.9 Å². The second-order valence-electron chi connectivity index (χ2n) is 4.03. The van der Waals surface area contributed by atoms with E-state index in [1.54, 1.807) is 29.8 Å². The molecule has 5 nitrogen and oxygen atoms in total. The summed E-state index contributed by atoms with van der Waals surface area (Å²) < 4.78 is 0. The number of thiazole rings is 1. The van der Waals surface area contributed by atoms with Crippen molar-refractivity contribution in [1.29, 1.82) is 0 Å². The average Bonchev–Trinajstić information content (AvgIpc) is 2.97. The fourth-order valence-corrected chi connectivity index (χ4v) is 2.20. The van der Waals surface area contributed by atoms with Gasteiger partial charge in [0.2, 0.25) is 0 Å². The van der Waals surface area contributed by atoms with Gasteiger partial charge in [-0.2, -0.15) is 0 Å². The Balaban J connectivity index is 2.08. The summed E-state index contributed by atoms with van der Waals surface area (Å²) in [5.41, 5.74) is 1.13. The molecular formula is C13H14ClN3O2S. The quantitative estimate of drug-likeness (QED) is 0.716. The largest absolute Gasteiger partial charge is 0.390 e. The maximum absolute atomic E-state index is 12.2. The number of alkyl halides is 1. The first kappa shape index (κ1) is 14.8. The molecule has 20 heavy (non-hydrogen) atoms. The molecule has 0 saturated heterocycles. The molecule has 0 aliphatic carbocycles. The van der Waals surface area contributed by atoms with Gasteiger partial charge in [-0.1, -0.05) is 12.1 Å². The number of carbonyl (C=O) groups is 1. The van der Waals surface area contributed by atoms with Gasteiger partial charge in [-0.15, -0.1) is 22.9 Å². The molecule has 1 aromatic carbocycles.